The maximum Gasteiger partial charge on any atom is 0.357 e. The number of rotatable bonds is 4. The Labute approximate surface area is 129 Å². The van der Waals surface area contributed by atoms with Gasteiger partial charge < -0.3 is 10.1 Å². The molecule has 1 aromatic rings. The van der Waals surface area contributed by atoms with Gasteiger partial charge in [0.15, 0.2) is 6.10 Å². The number of esters is 1. The highest BCUT2D eigenvalue weighted by atomic mass is 16.5. The zero-order valence-electron chi connectivity index (χ0n) is 12.5. The fourth-order valence-electron chi connectivity index (χ4n) is 2.52. The normalized spacial score (nSPS) is 17.8. The molecule has 0 unspecified atom stereocenters. The first-order valence-electron chi connectivity index (χ1n) is 7.42. The topological polar surface area (TPSA) is 92.1 Å². The van der Waals surface area contributed by atoms with Crippen LogP contribution >= 0.6 is 0 Å². The van der Waals surface area contributed by atoms with Crippen molar-refractivity contribution in [2.24, 2.45) is 0 Å². The van der Waals surface area contributed by atoms with Gasteiger partial charge in [-0.25, -0.2) is 9.78 Å². The van der Waals surface area contributed by atoms with Crippen LogP contribution in [0.25, 0.3) is 0 Å². The Morgan fingerprint density at radius 3 is 2.68 bits per heavy atom. The number of hydrogen-bond acceptors (Lipinski definition) is 5. The Morgan fingerprint density at radius 1 is 1.36 bits per heavy atom. The highest BCUT2D eigenvalue weighted by Gasteiger charge is 2.35. The van der Waals surface area contributed by atoms with Gasteiger partial charge in [-0.2, -0.15) is 5.26 Å². The average molecular weight is 301 g/mol. The van der Waals surface area contributed by atoms with E-state index in [4.69, 9.17) is 4.74 Å². The van der Waals surface area contributed by atoms with Crippen molar-refractivity contribution < 1.29 is 14.3 Å². The third kappa shape index (κ3) is 3.82. The van der Waals surface area contributed by atoms with Gasteiger partial charge in [-0.3, -0.25) is 4.79 Å². The summed E-state index contributed by atoms with van der Waals surface area (Å²) in [7, 11) is 0. The molecule has 0 aromatic carbocycles. The summed E-state index contributed by atoms with van der Waals surface area (Å²) in [5, 5.41) is 12.1. The molecule has 1 aliphatic carbocycles. The van der Waals surface area contributed by atoms with Crippen molar-refractivity contribution in [1.82, 2.24) is 10.3 Å². The van der Waals surface area contributed by atoms with Gasteiger partial charge in [0.2, 0.25) is 0 Å². The molecule has 1 amide bonds. The molecule has 0 bridgehead atoms. The first-order chi connectivity index (χ1) is 10.6. The average Bonchev–Trinajstić information content (AvgIpc) is 2.56. The second-order valence-corrected chi connectivity index (χ2v) is 5.51. The summed E-state index contributed by atoms with van der Waals surface area (Å²) in [6, 6.07) is 7.08. The van der Waals surface area contributed by atoms with Crippen LogP contribution in [-0.4, -0.2) is 28.5 Å². The van der Waals surface area contributed by atoms with E-state index in [1.54, 1.807) is 12.1 Å². The van der Waals surface area contributed by atoms with Crippen LogP contribution in [0.1, 0.15) is 49.5 Å². The number of nitrogens with zero attached hydrogens (tertiary/aromatic N) is 2. The Kier molecular flexibility index (Phi) is 5.10. The van der Waals surface area contributed by atoms with Gasteiger partial charge in [0.25, 0.3) is 5.91 Å². The highest BCUT2D eigenvalue weighted by Crippen LogP contribution is 2.27. The van der Waals surface area contributed by atoms with Crippen LogP contribution in [0.3, 0.4) is 0 Å². The molecule has 1 aliphatic rings. The van der Waals surface area contributed by atoms with Gasteiger partial charge >= 0.3 is 5.97 Å². The minimum Gasteiger partial charge on any atom is -0.448 e. The monoisotopic (exact) mass is 301 g/mol. The van der Waals surface area contributed by atoms with Crippen LogP contribution in [0.5, 0.6) is 0 Å². The largest absolute Gasteiger partial charge is 0.448 e. The van der Waals surface area contributed by atoms with Crippen molar-refractivity contribution in [3.8, 4) is 6.07 Å². The lowest BCUT2D eigenvalue weighted by atomic mass is 9.83. The summed E-state index contributed by atoms with van der Waals surface area (Å²) in [5.74, 6) is -1.11. The van der Waals surface area contributed by atoms with E-state index in [-0.39, 0.29) is 5.69 Å². The predicted octanol–water partition coefficient (Wildman–Crippen LogP) is 1.97. The number of pyridine rings is 1. The molecule has 0 radical (unpaired) electrons. The van der Waals surface area contributed by atoms with Crippen LogP contribution in [-0.2, 0) is 9.53 Å². The summed E-state index contributed by atoms with van der Waals surface area (Å²) in [4.78, 5) is 27.9. The molecule has 2 rings (SSSR count). The van der Waals surface area contributed by atoms with E-state index in [9.17, 15) is 14.9 Å². The first kappa shape index (κ1) is 16.0. The van der Waals surface area contributed by atoms with Crippen LogP contribution in [0.2, 0.25) is 0 Å². The molecular formula is C16H19N3O3. The summed E-state index contributed by atoms with van der Waals surface area (Å²) in [5.41, 5.74) is -0.684. The van der Waals surface area contributed by atoms with Crippen LogP contribution in [0.15, 0.2) is 24.4 Å². The molecule has 0 saturated heterocycles. The minimum atomic E-state index is -0.971. The molecule has 1 saturated carbocycles. The van der Waals surface area contributed by atoms with E-state index in [1.807, 2.05) is 0 Å². The lowest BCUT2D eigenvalue weighted by Gasteiger charge is -2.32. The number of nitriles is 1. The van der Waals surface area contributed by atoms with Gasteiger partial charge in [-0.15, -0.1) is 0 Å². The smallest absolute Gasteiger partial charge is 0.357 e. The van der Waals surface area contributed by atoms with Crippen molar-refractivity contribution in [2.45, 2.75) is 50.7 Å². The predicted molar refractivity (Wildman–Crippen MR) is 78.7 cm³/mol. The maximum absolute atomic E-state index is 12.2. The fourth-order valence-corrected chi connectivity index (χ4v) is 2.52. The number of amides is 1. The number of aromatic nitrogens is 1. The maximum atomic E-state index is 12.2. The van der Waals surface area contributed by atoms with Gasteiger partial charge in [0.1, 0.15) is 11.2 Å². The number of nitrogens with one attached hydrogen (secondary N) is 1. The van der Waals surface area contributed by atoms with E-state index in [2.05, 4.69) is 16.4 Å². The number of carbonyl (C=O) groups excluding carboxylic acids is 2. The molecule has 1 N–H and O–H groups in total. The van der Waals surface area contributed by atoms with Crippen LogP contribution in [0, 0.1) is 11.3 Å². The Hall–Kier alpha value is -2.42. The lowest BCUT2D eigenvalue weighted by molar-refractivity contribution is -0.130. The molecule has 22 heavy (non-hydrogen) atoms. The molecular weight excluding hydrogens is 282 g/mol. The van der Waals surface area contributed by atoms with Crippen molar-refractivity contribution in [1.29, 1.82) is 5.26 Å². The second-order valence-electron chi connectivity index (χ2n) is 5.51. The van der Waals surface area contributed by atoms with Gasteiger partial charge in [0, 0.05) is 6.20 Å². The third-order valence-corrected chi connectivity index (χ3v) is 3.81. The van der Waals surface area contributed by atoms with Gasteiger partial charge in [-0.05, 0) is 31.9 Å². The van der Waals surface area contributed by atoms with Gasteiger partial charge in [0.05, 0.1) is 6.07 Å². The molecule has 1 heterocycles. The number of ether oxygens (including phenoxy) is 1. The lowest BCUT2D eigenvalue weighted by Crippen LogP contribution is -2.52. The zero-order chi connectivity index (χ0) is 16.0. The molecule has 1 aromatic heterocycles. The van der Waals surface area contributed by atoms with Crippen molar-refractivity contribution in [3.05, 3.63) is 30.1 Å². The second kappa shape index (κ2) is 7.03. The van der Waals surface area contributed by atoms with E-state index < -0.39 is 23.5 Å². The Bertz CT molecular complexity index is 574. The van der Waals surface area contributed by atoms with E-state index >= 15 is 0 Å². The van der Waals surface area contributed by atoms with Gasteiger partial charge in [-0.1, -0.05) is 25.3 Å². The third-order valence-electron chi connectivity index (χ3n) is 3.81. The molecule has 0 spiro atoms. The molecule has 6 nitrogen and oxygen atoms in total. The summed E-state index contributed by atoms with van der Waals surface area (Å²) in [6.07, 6.45) is 4.68. The Balaban J connectivity index is 1.94. The summed E-state index contributed by atoms with van der Waals surface area (Å²) in [6.45, 7) is 1.49. The molecule has 6 heteroatoms. The van der Waals surface area contributed by atoms with Crippen molar-refractivity contribution in [3.63, 3.8) is 0 Å². The highest BCUT2D eigenvalue weighted by molar-refractivity contribution is 5.90. The Morgan fingerprint density at radius 2 is 2.09 bits per heavy atom. The quantitative estimate of drug-likeness (QED) is 0.858. The zero-order valence-corrected chi connectivity index (χ0v) is 12.5. The first-order valence-corrected chi connectivity index (χ1v) is 7.42. The summed E-state index contributed by atoms with van der Waals surface area (Å²) < 4.78 is 5.11. The minimum absolute atomic E-state index is 0.148. The van der Waals surface area contributed by atoms with E-state index in [0.717, 1.165) is 19.3 Å². The molecule has 1 atom stereocenters. The van der Waals surface area contributed by atoms with Crippen LogP contribution < -0.4 is 5.32 Å². The van der Waals surface area contributed by atoms with E-state index in [1.165, 1.54) is 19.2 Å². The molecule has 116 valence electrons. The van der Waals surface area contributed by atoms with Crippen LogP contribution in [0.4, 0.5) is 0 Å². The van der Waals surface area contributed by atoms with E-state index in [0.29, 0.717) is 12.8 Å². The molecule has 1 fully saturated rings. The van der Waals surface area contributed by atoms with Crippen molar-refractivity contribution >= 4 is 11.9 Å². The number of hydrogen-bond donors (Lipinski definition) is 1. The number of carbonyl (C=O) groups is 2. The fraction of sp³-hybridized carbons (Fsp3) is 0.500. The van der Waals surface area contributed by atoms with Crippen molar-refractivity contribution in [2.75, 3.05) is 0 Å². The summed E-state index contributed by atoms with van der Waals surface area (Å²) >= 11 is 0. The molecule has 0 aliphatic heterocycles. The SMILES string of the molecule is C[C@@H](OC(=O)c1ccccn1)C(=O)NC1(C#N)CCCCC1. The standard InChI is InChI=1S/C16H19N3O3/c1-12(22-15(21)13-7-3-6-10-18-13)14(20)19-16(11-17)8-4-2-5-9-16/h3,6-7,10,12H,2,4-5,8-9H2,1H3,(H,19,20)/t12-/m1/s1.